The van der Waals surface area contributed by atoms with Gasteiger partial charge in [0.15, 0.2) is 0 Å². The number of carbonyl (C=O) groups excluding carboxylic acids is 1. The molecule has 0 bridgehead atoms. The van der Waals surface area contributed by atoms with E-state index < -0.39 is 0 Å². The topological polar surface area (TPSA) is 29.5 Å². The minimum Gasteiger partial charge on any atom is -0.369 e. The minimum absolute atomic E-state index is 0.0466. The number of morpholine rings is 1. The lowest BCUT2D eigenvalue weighted by Crippen LogP contribution is -2.53. The van der Waals surface area contributed by atoms with Crippen LogP contribution in [-0.2, 0) is 16.0 Å². The van der Waals surface area contributed by atoms with Gasteiger partial charge in [-0.2, -0.15) is 0 Å². The maximum Gasteiger partial charge on any atom is 0.223 e. The summed E-state index contributed by atoms with van der Waals surface area (Å²) in [6.07, 6.45) is 2.73. The van der Waals surface area contributed by atoms with Crippen LogP contribution in [0.25, 0.3) is 0 Å². The molecule has 1 fully saturated rings. The Labute approximate surface area is 156 Å². The van der Waals surface area contributed by atoms with E-state index in [0.29, 0.717) is 18.9 Å². The van der Waals surface area contributed by atoms with E-state index >= 15 is 0 Å². The van der Waals surface area contributed by atoms with Crippen molar-refractivity contribution in [2.45, 2.75) is 57.2 Å². The normalized spacial score (nSPS) is 28.0. The van der Waals surface area contributed by atoms with Gasteiger partial charge in [0, 0.05) is 6.42 Å². The van der Waals surface area contributed by atoms with Gasteiger partial charge >= 0.3 is 0 Å². The summed E-state index contributed by atoms with van der Waals surface area (Å²) in [5.41, 5.74) is 3.93. The van der Waals surface area contributed by atoms with E-state index in [1.54, 1.807) is 0 Å². The highest BCUT2D eigenvalue weighted by Gasteiger charge is 2.38. The van der Waals surface area contributed by atoms with Crippen LogP contribution in [0.15, 0.2) is 54.6 Å². The van der Waals surface area contributed by atoms with Crippen LogP contribution in [0.5, 0.6) is 0 Å². The van der Waals surface area contributed by atoms with Crippen molar-refractivity contribution in [2.75, 3.05) is 6.61 Å². The number of nitrogens with zero attached hydrogens (tertiary/aromatic N) is 1. The molecule has 1 aliphatic heterocycles. The monoisotopic (exact) mass is 349 g/mol. The molecule has 4 unspecified atom stereocenters. The predicted octanol–water partition coefficient (Wildman–Crippen LogP) is 4.48. The summed E-state index contributed by atoms with van der Waals surface area (Å²) in [5, 5.41) is 0. The molecule has 0 radical (unpaired) electrons. The van der Waals surface area contributed by atoms with E-state index in [-0.39, 0.29) is 24.1 Å². The van der Waals surface area contributed by atoms with Gasteiger partial charge in [0.25, 0.3) is 0 Å². The molecule has 26 heavy (non-hydrogen) atoms. The van der Waals surface area contributed by atoms with E-state index in [9.17, 15) is 4.79 Å². The van der Waals surface area contributed by atoms with Crippen molar-refractivity contribution in [3.63, 3.8) is 0 Å². The molecule has 1 aliphatic carbocycles. The maximum atomic E-state index is 13.2. The molecule has 0 saturated carbocycles. The van der Waals surface area contributed by atoms with Crippen LogP contribution >= 0.6 is 0 Å². The van der Waals surface area contributed by atoms with Gasteiger partial charge in [-0.25, -0.2) is 0 Å². The molecule has 0 spiro atoms. The predicted molar refractivity (Wildman–Crippen MR) is 103 cm³/mol. The average molecular weight is 349 g/mol. The van der Waals surface area contributed by atoms with Crippen molar-refractivity contribution in [3.05, 3.63) is 71.3 Å². The Balaban J connectivity index is 1.51. The first kappa shape index (κ1) is 17.3. The Morgan fingerprint density at radius 1 is 1.08 bits per heavy atom. The Morgan fingerprint density at radius 2 is 1.81 bits per heavy atom. The van der Waals surface area contributed by atoms with Crippen molar-refractivity contribution >= 4 is 5.91 Å². The summed E-state index contributed by atoms with van der Waals surface area (Å²) >= 11 is 0. The standard InChI is InChI=1S/C23H27NO2/c1-16-15-26-23(19-9-4-3-5-10-19)17(2)24(16)22(25)14-20-13-12-18-8-6-7-11-21(18)20/h3-11,16-17,20,23H,12-15H2,1-2H3. The van der Waals surface area contributed by atoms with Gasteiger partial charge in [0.1, 0.15) is 6.10 Å². The number of aryl methyl sites for hydroxylation is 1. The number of fused-ring (bicyclic) bond motifs is 1. The molecule has 1 amide bonds. The van der Waals surface area contributed by atoms with E-state index in [4.69, 9.17) is 4.74 Å². The third kappa shape index (κ3) is 3.16. The number of carbonyl (C=O) groups is 1. The molecule has 1 heterocycles. The Hall–Kier alpha value is -2.13. The summed E-state index contributed by atoms with van der Waals surface area (Å²) in [5.74, 6) is 0.618. The summed E-state index contributed by atoms with van der Waals surface area (Å²) in [4.78, 5) is 15.3. The van der Waals surface area contributed by atoms with Crippen molar-refractivity contribution in [2.24, 2.45) is 0 Å². The van der Waals surface area contributed by atoms with Crippen LogP contribution in [0.2, 0.25) is 0 Å². The van der Waals surface area contributed by atoms with Crippen LogP contribution in [0.1, 0.15) is 55.4 Å². The van der Waals surface area contributed by atoms with Crippen molar-refractivity contribution in [1.29, 1.82) is 0 Å². The van der Waals surface area contributed by atoms with E-state index in [1.165, 1.54) is 11.1 Å². The van der Waals surface area contributed by atoms with E-state index in [0.717, 1.165) is 18.4 Å². The molecule has 1 saturated heterocycles. The van der Waals surface area contributed by atoms with Crippen LogP contribution in [0.3, 0.4) is 0 Å². The highest BCUT2D eigenvalue weighted by molar-refractivity contribution is 5.78. The summed E-state index contributed by atoms with van der Waals surface area (Å²) in [7, 11) is 0. The van der Waals surface area contributed by atoms with Crippen LogP contribution in [0, 0.1) is 0 Å². The smallest absolute Gasteiger partial charge is 0.223 e. The molecule has 3 nitrogen and oxygen atoms in total. The fourth-order valence-corrected chi connectivity index (χ4v) is 4.67. The molecule has 2 aromatic rings. The number of benzene rings is 2. The van der Waals surface area contributed by atoms with Crippen molar-refractivity contribution < 1.29 is 9.53 Å². The SMILES string of the molecule is CC1COC(c2ccccc2)C(C)N1C(=O)CC1CCc2ccccc21. The quantitative estimate of drug-likeness (QED) is 0.817. The summed E-state index contributed by atoms with van der Waals surface area (Å²) in [6.45, 7) is 4.81. The molecule has 2 aliphatic rings. The first-order valence-electron chi connectivity index (χ1n) is 9.70. The number of hydrogen-bond donors (Lipinski definition) is 0. The first-order valence-corrected chi connectivity index (χ1v) is 9.70. The highest BCUT2D eigenvalue weighted by atomic mass is 16.5. The molecule has 0 aromatic heterocycles. The highest BCUT2D eigenvalue weighted by Crippen LogP contribution is 2.37. The minimum atomic E-state index is -0.0489. The van der Waals surface area contributed by atoms with Gasteiger partial charge in [-0.15, -0.1) is 0 Å². The van der Waals surface area contributed by atoms with Crippen molar-refractivity contribution in [1.82, 2.24) is 4.90 Å². The summed E-state index contributed by atoms with van der Waals surface area (Å²) < 4.78 is 6.10. The van der Waals surface area contributed by atoms with E-state index in [1.807, 2.05) is 18.2 Å². The van der Waals surface area contributed by atoms with Gasteiger partial charge in [0.05, 0.1) is 18.7 Å². The van der Waals surface area contributed by atoms with Gasteiger partial charge in [0.2, 0.25) is 5.91 Å². The van der Waals surface area contributed by atoms with Gasteiger partial charge in [-0.3, -0.25) is 4.79 Å². The number of amides is 1. The fourth-order valence-electron chi connectivity index (χ4n) is 4.67. The van der Waals surface area contributed by atoms with Crippen LogP contribution in [0.4, 0.5) is 0 Å². The zero-order valence-electron chi connectivity index (χ0n) is 15.6. The lowest BCUT2D eigenvalue weighted by Gasteiger charge is -2.44. The Bertz CT molecular complexity index is 773. The molecular weight excluding hydrogens is 322 g/mol. The van der Waals surface area contributed by atoms with Crippen LogP contribution in [-0.4, -0.2) is 29.5 Å². The Kier molecular flexibility index (Phi) is 4.82. The Morgan fingerprint density at radius 3 is 2.62 bits per heavy atom. The van der Waals surface area contributed by atoms with Gasteiger partial charge in [-0.1, -0.05) is 54.6 Å². The first-order chi connectivity index (χ1) is 12.6. The molecule has 136 valence electrons. The lowest BCUT2D eigenvalue weighted by atomic mass is 9.94. The number of hydrogen-bond acceptors (Lipinski definition) is 2. The average Bonchev–Trinajstić information content (AvgIpc) is 3.06. The zero-order valence-corrected chi connectivity index (χ0v) is 15.6. The second-order valence-corrected chi connectivity index (χ2v) is 7.69. The summed E-state index contributed by atoms with van der Waals surface area (Å²) in [6, 6.07) is 19.0. The third-order valence-electron chi connectivity index (χ3n) is 5.96. The van der Waals surface area contributed by atoms with Gasteiger partial charge in [-0.05, 0) is 49.3 Å². The fraction of sp³-hybridized carbons (Fsp3) is 0.435. The molecule has 2 aromatic carbocycles. The number of rotatable bonds is 3. The molecule has 3 heteroatoms. The van der Waals surface area contributed by atoms with Crippen LogP contribution < -0.4 is 0 Å². The molecule has 0 N–H and O–H groups in total. The molecule has 4 rings (SSSR count). The third-order valence-corrected chi connectivity index (χ3v) is 5.96. The second kappa shape index (κ2) is 7.24. The molecule has 4 atom stereocenters. The number of ether oxygens (including phenoxy) is 1. The molecular formula is C23H27NO2. The van der Waals surface area contributed by atoms with E-state index in [2.05, 4.69) is 55.1 Å². The van der Waals surface area contributed by atoms with Gasteiger partial charge < -0.3 is 9.64 Å². The van der Waals surface area contributed by atoms with Crippen molar-refractivity contribution in [3.8, 4) is 0 Å². The maximum absolute atomic E-state index is 13.2. The lowest BCUT2D eigenvalue weighted by molar-refractivity contribution is -0.153. The zero-order chi connectivity index (χ0) is 18.1. The second-order valence-electron chi connectivity index (χ2n) is 7.69. The largest absolute Gasteiger partial charge is 0.369 e.